The molecule has 1 fully saturated rings. The first kappa shape index (κ1) is 12.9. The molecule has 1 aliphatic rings. The van der Waals surface area contributed by atoms with Gasteiger partial charge < -0.3 is 10.5 Å². The molecular formula is C14H20BrNO. The molecule has 1 saturated carbocycles. The highest BCUT2D eigenvalue weighted by Crippen LogP contribution is 2.48. The van der Waals surface area contributed by atoms with Gasteiger partial charge >= 0.3 is 0 Å². The van der Waals surface area contributed by atoms with Crippen LogP contribution in [0, 0.1) is 19.3 Å². The summed E-state index contributed by atoms with van der Waals surface area (Å²) >= 11 is 3.57. The minimum atomic E-state index is 0.379. The lowest BCUT2D eigenvalue weighted by molar-refractivity contribution is 0.226. The lowest BCUT2D eigenvalue weighted by Gasteiger charge is -2.16. The second-order valence-electron chi connectivity index (χ2n) is 5.20. The normalized spacial score (nSPS) is 16.9. The Balaban J connectivity index is 2.00. The highest BCUT2D eigenvalue weighted by Gasteiger charge is 2.42. The van der Waals surface area contributed by atoms with Gasteiger partial charge in [-0.25, -0.2) is 0 Å². The molecule has 17 heavy (non-hydrogen) atoms. The smallest absolute Gasteiger partial charge is 0.119 e. The fourth-order valence-corrected chi connectivity index (χ4v) is 2.40. The van der Waals surface area contributed by atoms with Crippen LogP contribution >= 0.6 is 15.9 Å². The molecule has 0 atom stereocenters. The van der Waals surface area contributed by atoms with Crippen LogP contribution in [0.1, 0.15) is 30.4 Å². The predicted molar refractivity (Wildman–Crippen MR) is 74.4 cm³/mol. The van der Waals surface area contributed by atoms with Crippen LogP contribution in [0.3, 0.4) is 0 Å². The molecule has 0 saturated heterocycles. The zero-order chi connectivity index (χ0) is 12.5. The van der Waals surface area contributed by atoms with Gasteiger partial charge in [-0.15, -0.1) is 0 Å². The van der Waals surface area contributed by atoms with Gasteiger partial charge in [-0.1, -0.05) is 15.9 Å². The Hall–Kier alpha value is -0.540. The molecule has 2 N–H and O–H groups in total. The van der Waals surface area contributed by atoms with E-state index >= 15 is 0 Å². The van der Waals surface area contributed by atoms with Crippen molar-refractivity contribution in [3.05, 3.63) is 27.7 Å². The van der Waals surface area contributed by atoms with Crippen molar-refractivity contribution in [3.8, 4) is 5.75 Å². The van der Waals surface area contributed by atoms with Crippen molar-refractivity contribution >= 4 is 15.9 Å². The molecule has 2 nitrogen and oxygen atoms in total. The largest absolute Gasteiger partial charge is 0.493 e. The third-order valence-corrected chi connectivity index (χ3v) is 4.84. The first-order valence-electron chi connectivity index (χ1n) is 6.16. The molecule has 0 aliphatic heterocycles. The Bertz CT molecular complexity index is 390. The van der Waals surface area contributed by atoms with Crippen LogP contribution in [-0.4, -0.2) is 13.2 Å². The first-order chi connectivity index (χ1) is 8.06. The molecule has 1 aliphatic carbocycles. The second kappa shape index (κ2) is 4.99. The van der Waals surface area contributed by atoms with Gasteiger partial charge in [-0.05, 0) is 62.9 Å². The molecule has 0 aromatic heterocycles. The summed E-state index contributed by atoms with van der Waals surface area (Å²) in [7, 11) is 0. The van der Waals surface area contributed by atoms with Crippen molar-refractivity contribution < 1.29 is 4.74 Å². The zero-order valence-corrected chi connectivity index (χ0v) is 12.1. The summed E-state index contributed by atoms with van der Waals surface area (Å²) in [4.78, 5) is 0. The minimum absolute atomic E-state index is 0.379. The number of halogens is 1. The maximum absolute atomic E-state index is 5.93. The number of nitrogens with two attached hydrogens (primary N) is 1. The van der Waals surface area contributed by atoms with Crippen molar-refractivity contribution in [2.45, 2.75) is 33.1 Å². The van der Waals surface area contributed by atoms with Crippen LogP contribution in [-0.2, 0) is 0 Å². The van der Waals surface area contributed by atoms with Crippen molar-refractivity contribution in [1.29, 1.82) is 0 Å². The van der Waals surface area contributed by atoms with Gasteiger partial charge in [0.1, 0.15) is 5.75 Å². The van der Waals surface area contributed by atoms with E-state index in [1.165, 1.54) is 28.4 Å². The quantitative estimate of drug-likeness (QED) is 0.902. The lowest BCUT2D eigenvalue weighted by Crippen LogP contribution is -2.17. The molecular weight excluding hydrogens is 278 g/mol. The third kappa shape index (κ3) is 3.02. The summed E-state index contributed by atoms with van der Waals surface area (Å²) in [5.74, 6) is 0.978. The van der Waals surface area contributed by atoms with Crippen LogP contribution < -0.4 is 10.5 Å². The van der Waals surface area contributed by atoms with E-state index in [2.05, 4.69) is 41.9 Å². The van der Waals surface area contributed by atoms with E-state index in [-0.39, 0.29) is 0 Å². The summed E-state index contributed by atoms with van der Waals surface area (Å²) in [6, 6.07) is 4.19. The van der Waals surface area contributed by atoms with E-state index in [0.29, 0.717) is 5.41 Å². The lowest BCUT2D eigenvalue weighted by atomic mass is 10.0. The predicted octanol–water partition coefficient (Wildman–Crippen LogP) is 3.57. The summed E-state index contributed by atoms with van der Waals surface area (Å²) < 4.78 is 7.10. The number of hydrogen-bond donors (Lipinski definition) is 1. The number of aryl methyl sites for hydroxylation is 2. The monoisotopic (exact) mass is 297 g/mol. The molecule has 2 rings (SSSR count). The van der Waals surface area contributed by atoms with Gasteiger partial charge in [-0.2, -0.15) is 0 Å². The summed E-state index contributed by atoms with van der Waals surface area (Å²) in [5, 5.41) is 0. The molecule has 1 aromatic carbocycles. The fraction of sp³-hybridized carbons (Fsp3) is 0.571. The summed E-state index contributed by atoms with van der Waals surface area (Å²) in [5.41, 5.74) is 8.46. The Labute approximate surface area is 112 Å². The summed E-state index contributed by atoms with van der Waals surface area (Å²) in [6.07, 6.45) is 3.61. The molecule has 0 heterocycles. The van der Waals surface area contributed by atoms with Crippen LogP contribution in [0.2, 0.25) is 0 Å². The maximum atomic E-state index is 5.93. The zero-order valence-electron chi connectivity index (χ0n) is 10.6. The Morgan fingerprint density at radius 3 is 2.35 bits per heavy atom. The highest BCUT2D eigenvalue weighted by atomic mass is 79.9. The topological polar surface area (TPSA) is 35.2 Å². The standard InChI is InChI=1S/C14H20BrNO/c1-10-7-12(8-11(2)13(10)15)17-9-14(3-4-14)5-6-16/h7-8H,3-6,9,16H2,1-2H3. The Morgan fingerprint density at radius 2 is 1.88 bits per heavy atom. The van der Waals surface area contributed by atoms with Crippen molar-refractivity contribution in [3.63, 3.8) is 0 Å². The second-order valence-corrected chi connectivity index (χ2v) is 5.99. The fourth-order valence-electron chi connectivity index (χ4n) is 2.18. The van der Waals surface area contributed by atoms with Crippen LogP contribution in [0.25, 0.3) is 0 Å². The highest BCUT2D eigenvalue weighted by molar-refractivity contribution is 9.10. The third-order valence-electron chi connectivity index (χ3n) is 3.59. The molecule has 1 aromatic rings. The molecule has 0 bridgehead atoms. The Kier molecular flexibility index (Phi) is 3.79. The van der Waals surface area contributed by atoms with Crippen molar-refractivity contribution in [1.82, 2.24) is 0 Å². The molecule has 0 radical (unpaired) electrons. The number of ether oxygens (including phenoxy) is 1. The molecule has 3 heteroatoms. The van der Waals surface area contributed by atoms with Crippen molar-refractivity contribution in [2.75, 3.05) is 13.2 Å². The number of hydrogen-bond acceptors (Lipinski definition) is 2. The van der Waals surface area contributed by atoms with E-state index in [9.17, 15) is 0 Å². The van der Waals surface area contributed by atoms with Crippen LogP contribution in [0.4, 0.5) is 0 Å². The average molecular weight is 298 g/mol. The SMILES string of the molecule is Cc1cc(OCC2(CCN)CC2)cc(C)c1Br. The summed E-state index contributed by atoms with van der Waals surface area (Å²) in [6.45, 7) is 5.76. The van der Waals surface area contributed by atoms with Crippen LogP contribution in [0.5, 0.6) is 5.75 Å². The number of rotatable bonds is 5. The maximum Gasteiger partial charge on any atom is 0.119 e. The van der Waals surface area contributed by atoms with Gasteiger partial charge in [0.05, 0.1) is 6.61 Å². The van der Waals surface area contributed by atoms with Gasteiger partial charge in [0.15, 0.2) is 0 Å². The minimum Gasteiger partial charge on any atom is -0.493 e. The van der Waals surface area contributed by atoms with E-state index in [4.69, 9.17) is 10.5 Å². The van der Waals surface area contributed by atoms with Gasteiger partial charge in [0.2, 0.25) is 0 Å². The van der Waals surface area contributed by atoms with Gasteiger partial charge in [0.25, 0.3) is 0 Å². The first-order valence-corrected chi connectivity index (χ1v) is 6.95. The molecule has 0 unspecified atom stereocenters. The Morgan fingerprint density at radius 1 is 1.29 bits per heavy atom. The van der Waals surface area contributed by atoms with E-state index in [0.717, 1.165) is 25.3 Å². The van der Waals surface area contributed by atoms with E-state index < -0.39 is 0 Å². The van der Waals surface area contributed by atoms with Gasteiger partial charge in [0, 0.05) is 9.89 Å². The molecule has 94 valence electrons. The molecule has 0 spiro atoms. The van der Waals surface area contributed by atoms with Crippen molar-refractivity contribution in [2.24, 2.45) is 11.1 Å². The van der Waals surface area contributed by atoms with Gasteiger partial charge in [-0.3, -0.25) is 0 Å². The van der Waals surface area contributed by atoms with Crippen LogP contribution in [0.15, 0.2) is 16.6 Å². The van der Waals surface area contributed by atoms with E-state index in [1.54, 1.807) is 0 Å². The number of benzene rings is 1. The average Bonchev–Trinajstić information content (AvgIpc) is 3.04. The molecule has 0 amide bonds. The van der Waals surface area contributed by atoms with E-state index in [1.807, 2.05) is 0 Å².